The Morgan fingerprint density at radius 3 is 2.57 bits per heavy atom. The Labute approximate surface area is 297 Å². The van der Waals surface area contributed by atoms with E-state index in [1.54, 1.807) is 24.0 Å². The smallest absolute Gasteiger partial charge is 0.293 e. The third-order valence-electron chi connectivity index (χ3n) is 9.42. The molecule has 1 atom stereocenters. The lowest BCUT2D eigenvalue weighted by Gasteiger charge is -2.33. The number of piperidine rings is 2. The molecule has 2 saturated heterocycles. The minimum atomic E-state index is -0.444. The number of nitrogens with one attached hydrogen (secondary N) is 4. The first-order valence-electron chi connectivity index (χ1n) is 16.7. The number of carbonyl (C=O) groups is 3. The quantitative estimate of drug-likeness (QED) is 0.165. The van der Waals surface area contributed by atoms with E-state index in [0.717, 1.165) is 47.9 Å². The standard InChI is InChI=1S/C35H37ClN10O5/c1-37-30(48)18-51-28-15-19-14-21(5-8-26(19)44(2)34(28)50)40-32-25(36)17-38-35(42-32)46-12-10-20(11-13-46)39-22-4-6-23-27(16-22)45(3)43-31(23)24-7-9-29(47)41-33(24)49/h4-6,8,14-17,20,24,39H,7,9-13,18H2,1-3H3,(H,37,48)(H,38,40,42)(H,41,47,49). The van der Waals surface area contributed by atoms with Crippen LogP contribution in [0.25, 0.3) is 21.8 Å². The lowest BCUT2D eigenvalue weighted by atomic mass is 9.93. The van der Waals surface area contributed by atoms with Gasteiger partial charge in [0.15, 0.2) is 18.2 Å². The van der Waals surface area contributed by atoms with Crippen molar-refractivity contribution in [2.24, 2.45) is 14.1 Å². The number of benzene rings is 2. The van der Waals surface area contributed by atoms with Crippen LogP contribution in [0.1, 0.15) is 37.3 Å². The summed E-state index contributed by atoms with van der Waals surface area (Å²) in [5, 5.41) is 18.5. The molecule has 3 amide bonds. The van der Waals surface area contributed by atoms with Crippen LogP contribution in [0.4, 0.5) is 23.1 Å². The molecular weight excluding hydrogens is 676 g/mol. The fourth-order valence-corrected chi connectivity index (χ4v) is 6.77. The molecule has 5 heterocycles. The molecule has 0 bridgehead atoms. The van der Waals surface area contributed by atoms with Gasteiger partial charge in [0.25, 0.3) is 11.5 Å². The van der Waals surface area contributed by atoms with Gasteiger partial charge in [-0.1, -0.05) is 11.6 Å². The van der Waals surface area contributed by atoms with E-state index in [2.05, 4.69) is 42.3 Å². The number of ether oxygens (including phenoxy) is 1. The molecule has 2 aliphatic rings. The highest BCUT2D eigenvalue weighted by Gasteiger charge is 2.32. The highest BCUT2D eigenvalue weighted by atomic mass is 35.5. The predicted molar refractivity (Wildman–Crippen MR) is 194 cm³/mol. The first-order valence-corrected chi connectivity index (χ1v) is 17.0. The van der Waals surface area contributed by atoms with E-state index in [1.807, 2.05) is 37.4 Å². The van der Waals surface area contributed by atoms with Crippen molar-refractivity contribution in [3.05, 3.63) is 69.7 Å². The number of hydrogen-bond donors (Lipinski definition) is 4. The van der Waals surface area contributed by atoms with Crippen LogP contribution in [0.5, 0.6) is 5.75 Å². The summed E-state index contributed by atoms with van der Waals surface area (Å²) in [6, 6.07) is 13.4. The molecule has 15 nitrogen and oxygen atoms in total. The number of anilines is 4. The monoisotopic (exact) mass is 712 g/mol. The number of likely N-dealkylation sites (N-methyl/N-ethyl adjacent to an activating group) is 1. The van der Waals surface area contributed by atoms with Crippen LogP contribution < -0.4 is 36.5 Å². The molecule has 7 rings (SSSR count). The second kappa shape index (κ2) is 13.9. The number of hydrogen-bond acceptors (Lipinski definition) is 11. The average molecular weight is 713 g/mol. The topological polar surface area (TPSA) is 177 Å². The fourth-order valence-electron chi connectivity index (χ4n) is 6.63. The molecule has 4 N–H and O–H groups in total. The molecule has 3 aromatic heterocycles. The number of amides is 3. The van der Waals surface area contributed by atoms with Gasteiger partial charge in [0.05, 0.1) is 28.8 Å². The third kappa shape index (κ3) is 6.88. The second-order valence-electron chi connectivity index (χ2n) is 12.7. The van der Waals surface area contributed by atoms with Crippen molar-refractivity contribution in [2.45, 2.75) is 37.6 Å². The Hall–Kier alpha value is -5.70. The van der Waals surface area contributed by atoms with Crippen molar-refractivity contribution >= 4 is 74.3 Å². The maximum absolute atomic E-state index is 12.8. The summed E-state index contributed by atoms with van der Waals surface area (Å²) < 4.78 is 8.75. The van der Waals surface area contributed by atoms with E-state index in [4.69, 9.17) is 21.3 Å². The number of fused-ring (bicyclic) bond motifs is 2. The van der Waals surface area contributed by atoms with Gasteiger partial charge in [0.1, 0.15) is 5.02 Å². The number of rotatable bonds is 9. The van der Waals surface area contributed by atoms with E-state index in [9.17, 15) is 19.2 Å². The van der Waals surface area contributed by atoms with Gasteiger partial charge in [-0.05, 0) is 61.7 Å². The molecule has 16 heteroatoms. The maximum atomic E-state index is 12.8. The van der Waals surface area contributed by atoms with E-state index < -0.39 is 5.92 Å². The van der Waals surface area contributed by atoms with E-state index >= 15 is 0 Å². The van der Waals surface area contributed by atoms with Crippen LogP contribution in [0.3, 0.4) is 0 Å². The summed E-state index contributed by atoms with van der Waals surface area (Å²) >= 11 is 6.52. The number of pyridine rings is 1. The zero-order chi connectivity index (χ0) is 35.8. The largest absolute Gasteiger partial charge is 0.478 e. The number of aryl methyl sites for hydroxylation is 2. The van der Waals surface area contributed by atoms with Crippen LogP contribution in [0.2, 0.25) is 5.02 Å². The maximum Gasteiger partial charge on any atom is 0.293 e. The Morgan fingerprint density at radius 1 is 1.02 bits per heavy atom. The Morgan fingerprint density at radius 2 is 1.80 bits per heavy atom. The Bertz CT molecular complexity index is 2240. The minimum absolute atomic E-state index is 0.0717. The Balaban J connectivity index is 1.01. The molecule has 2 fully saturated rings. The lowest BCUT2D eigenvalue weighted by molar-refractivity contribution is -0.134. The van der Waals surface area contributed by atoms with Crippen molar-refractivity contribution in [2.75, 3.05) is 42.3 Å². The summed E-state index contributed by atoms with van der Waals surface area (Å²) in [5.41, 5.74) is 3.62. The van der Waals surface area contributed by atoms with Crippen LogP contribution in [-0.4, -0.2) is 74.8 Å². The number of halogens is 1. The summed E-state index contributed by atoms with van der Waals surface area (Å²) in [6.45, 7) is 1.20. The summed E-state index contributed by atoms with van der Waals surface area (Å²) in [7, 11) is 5.01. The summed E-state index contributed by atoms with van der Waals surface area (Å²) in [4.78, 5) is 60.0. The van der Waals surface area contributed by atoms with Crippen molar-refractivity contribution < 1.29 is 19.1 Å². The van der Waals surface area contributed by atoms with Gasteiger partial charge in [-0.15, -0.1) is 0 Å². The van der Waals surface area contributed by atoms with Crippen LogP contribution in [0.15, 0.2) is 53.5 Å². The molecule has 5 aromatic rings. The van der Waals surface area contributed by atoms with Gasteiger partial charge >= 0.3 is 0 Å². The normalized spacial score (nSPS) is 16.7. The molecule has 0 aliphatic carbocycles. The van der Waals surface area contributed by atoms with Crippen LogP contribution in [-0.2, 0) is 28.5 Å². The molecule has 0 radical (unpaired) electrons. The minimum Gasteiger partial charge on any atom is -0.478 e. The number of imide groups is 1. The molecule has 51 heavy (non-hydrogen) atoms. The zero-order valence-electron chi connectivity index (χ0n) is 28.3. The molecule has 1 unspecified atom stereocenters. The first kappa shape index (κ1) is 33.8. The van der Waals surface area contributed by atoms with Gasteiger partial charge in [-0.2, -0.15) is 10.1 Å². The predicted octanol–water partition coefficient (Wildman–Crippen LogP) is 3.34. The van der Waals surface area contributed by atoms with E-state index in [1.165, 1.54) is 11.6 Å². The zero-order valence-corrected chi connectivity index (χ0v) is 29.1. The van der Waals surface area contributed by atoms with Crippen LogP contribution in [0, 0.1) is 0 Å². The Kier molecular flexibility index (Phi) is 9.21. The fraction of sp³-hybridized carbons (Fsp3) is 0.343. The molecule has 0 spiro atoms. The van der Waals surface area contributed by atoms with Crippen LogP contribution >= 0.6 is 11.6 Å². The van der Waals surface area contributed by atoms with Gasteiger partial charge in [0, 0.05) is 68.8 Å². The van der Waals surface area contributed by atoms with Gasteiger partial charge in [0.2, 0.25) is 17.8 Å². The van der Waals surface area contributed by atoms with Gasteiger partial charge in [-0.3, -0.25) is 29.2 Å². The van der Waals surface area contributed by atoms with Crippen molar-refractivity contribution in [3.8, 4) is 5.75 Å². The van der Waals surface area contributed by atoms with Crippen molar-refractivity contribution in [3.63, 3.8) is 0 Å². The van der Waals surface area contributed by atoms with Gasteiger partial charge < -0.3 is 30.2 Å². The molecule has 0 saturated carbocycles. The van der Waals surface area contributed by atoms with E-state index in [-0.39, 0.29) is 41.7 Å². The first-order chi connectivity index (χ1) is 24.6. The van der Waals surface area contributed by atoms with Crippen molar-refractivity contribution in [1.29, 1.82) is 0 Å². The molecule has 2 aromatic carbocycles. The lowest BCUT2D eigenvalue weighted by Crippen LogP contribution is -2.40. The number of nitrogens with zero attached hydrogens (tertiary/aromatic N) is 6. The molecule has 264 valence electrons. The third-order valence-corrected chi connectivity index (χ3v) is 9.70. The summed E-state index contributed by atoms with van der Waals surface area (Å²) in [5.74, 6) is -0.241. The van der Waals surface area contributed by atoms with E-state index in [0.29, 0.717) is 46.5 Å². The highest BCUT2D eigenvalue weighted by molar-refractivity contribution is 6.33. The highest BCUT2D eigenvalue weighted by Crippen LogP contribution is 2.33. The van der Waals surface area contributed by atoms with Crippen molar-refractivity contribution in [1.82, 2.24) is 34.9 Å². The number of aromatic nitrogens is 5. The van der Waals surface area contributed by atoms with Gasteiger partial charge in [-0.25, -0.2) is 4.98 Å². The average Bonchev–Trinajstić information content (AvgIpc) is 3.45. The summed E-state index contributed by atoms with van der Waals surface area (Å²) in [6.07, 6.45) is 4.05. The second-order valence-corrected chi connectivity index (χ2v) is 13.2. The molecular formula is C35H37ClN10O5. The molecule has 2 aliphatic heterocycles. The SMILES string of the molecule is CNC(=O)COc1cc2cc(Nc3nc(N4CCC(Nc5ccc6c(C7CCC(=O)NC7=O)nn(C)c6c5)CC4)ncc3Cl)ccc2n(C)c1=O. The number of carbonyl (C=O) groups excluding carboxylic acids is 3.